The summed E-state index contributed by atoms with van der Waals surface area (Å²) in [6.07, 6.45) is 0. The molecule has 0 unspecified atom stereocenters. The maximum atomic E-state index is 6.22. The molecule has 0 fully saturated rings. The second-order valence-electron chi connectivity index (χ2n) is 4.69. The van der Waals surface area contributed by atoms with Crippen LogP contribution in [-0.2, 0) is 5.88 Å². The summed E-state index contributed by atoms with van der Waals surface area (Å²) in [4.78, 5) is 4.69. The van der Waals surface area contributed by atoms with E-state index >= 15 is 0 Å². The highest BCUT2D eigenvalue weighted by atomic mass is 35.5. The molecule has 0 saturated carbocycles. The minimum absolute atomic E-state index is 0.378. The molecule has 0 spiro atoms. The first kappa shape index (κ1) is 13.4. The van der Waals surface area contributed by atoms with Crippen molar-refractivity contribution in [2.24, 2.45) is 0 Å². The molecule has 3 aromatic rings. The number of aromatic nitrogens is 3. The van der Waals surface area contributed by atoms with E-state index in [2.05, 4.69) is 16.1 Å². The van der Waals surface area contributed by atoms with Crippen LogP contribution in [0.25, 0.3) is 16.7 Å². The van der Waals surface area contributed by atoms with E-state index in [-0.39, 0.29) is 0 Å². The Balaban J connectivity index is 2.31. The molecule has 0 radical (unpaired) electrons. The van der Waals surface area contributed by atoms with Crippen LogP contribution in [0.4, 0.5) is 0 Å². The third-order valence-electron chi connectivity index (χ3n) is 3.33. The zero-order valence-electron chi connectivity index (χ0n) is 11.2. The van der Waals surface area contributed by atoms with Crippen LogP contribution in [0.2, 0.25) is 5.02 Å². The molecule has 3 nitrogen and oxygen atoms in total. The number of hydrogen-bond acceptors (Lipinski definition) is 2. The Morgan fingerprint density at radius 1 is 1.20 bits per heavy atom. The number of fused-ring (bicyclic) bond motifs is 1. The fourth-order valence-electron chi connectivity index (χ4n) is 2.26. The van der Waals surface area contributed by atoms with Gasteiger partial charge in [0.15, 0.2) is 5.82 Å². The van der Waals surface area contributed by atoms with Crippen molar-refractivity contribution in [1.29, 1.82) is 0 Å². The summed E-state index contributed by atoms with van der Waals surface area (Å²) in [6, 6.07) is 10.0. The van der Waals surface area contributed by atoms with Crippen molar-refractivity contribution in [2.45, 2.75) is 19.7 Å². The molecule has 2 heterocycles. The van der Waals surface area contributed by atoms with E-state index in [1.807, 2.05) is 38.1 Å². The van der Waals surface area contributed by atoms with Gasteiger partial charge in [0.1, 0.15) is 0 Å². The highest BCUT2D eigenvalue weighted by Gasteiger charge is 2.15. The minimum atomic E-state index is 0.378. The largest absolute Gasteiger partial charge is 0.228 e. The first-order valence-corrected chi connectivity index (χ1v) is 7.20. The lowest BCUT2D eigenvalue weighted by atomic mass is 10.1. The second kappa shape index (κ2) is 5.08. The van der Waals surface area contributed by atoms with Gasteiger partial charge in [0.05, 0.1) is 27.8 Å². The summed E-state index contributed by atoms with van der Waals surface area (Å²) in [6.45, 7) is 3.81. The van der Waals surface area contributed by atoms with E-state index in [4.69, 9.17) is 23.2 Å². The molecule has 0 aliphatic carbocycles. The van der Waals surface area contributed by atoms with Crippen molar-refractivity contribution >= 4 is 34.1 Å². The van der Waals surface area contributed by atoms with E-state index in [1.165, 1.54) is 0 Å². The summed E-state index contributed by atoms with van der Waals surface area (Å²) < 4.78 is 1.77. The third kappa shape index (κ3) is 2.07. The van der Waals surface area contributed by atoms with Gasteiger partial charge < -0.3 is 0 Å². The predicted molar refractivity (Wildman–Crippen MR) is 82.9 cm³/mol. The van der Waals surface area contributed by atoms with Crippen molar-refractivity contribution in [3.05, 3.63) is 52.3 Å². The van der Waals surface area contributed by atoms with Crippen molar-refractivity contribution in [3.63, 3.8) is 0 Å². The molecule has 102 valence electrons. The van der Waals surface area contributed by atoms with Gasteiger partial charge in [0, 0.05) is 10.9 Å². The summed E-state index contributed by atoms with van der Waals surface area (Å²) in [7, 11) is 0. The van der Waals surface area contributed by atoms with Crippen LogP contribution in [0, 0.1) is 13.8 Å². The van der Waals surface area contributed by atoms with Crippen LogP contribution in [0.15, 0.2) is 30.3 Å². The number of benzene rings is 1. The molecule has 20 heavy (non-hydrogen) atoms. The van der Waals surface area contributed by atoms with Crippen molar-refractivity contribution in [3.8, 4) is 5.82 Å². The van der Waals surface area contributed by atoms with Gasteiger partial charge in [-0.1, -0.05) is 29.8 Å². The molecule has 0 saturated heterocycles. The Hall–Kier alpha value is -1.58. The summed E-state index contributed by atoms with van der Waals surface area (Å²) in [5.74, 6) is 1.12. The van der Waals surface area contributed by atoms with Crippen molar-refractivity contribution < 1.29 is 0 Å². The molecule has 0 bridgehead atoms. The van der Waals surface area contributed by atoms with E-state index in [1.54, 1.807) is 4.68 Å². The molecular weight excluding hydrogens is 293 g/mol. The topological polar surface area (TPSA) is 30.7 Å². The first-order valence-electron chi connectivity index (χ1n) is 6.28. The standard InChI is InChI=1S/C15H13Cl2N3/c1-9-14(17)10(2)20(19-9)15-12(8-16)7-11-5-3-4-6-13(11)18-15/h3-7H,8H2,1-2H3. The number of pyridine rings is 1. The SMILES string of the molecule is Cc1nn(-c2nc3ccccc3cc2CCl)c(C)c1Cl. The average molecular weight is 306 g/mol. The van der Waals surface area contributed by atoms with E-state index in [9.17, 15) is 0 Å². The quantitative estimate of drug-likeness (QED) is 0.656. The maximum absolute atomic E-state index is 6.22. The van der Waals surface area contributed by atoms with Gasteiger partial charge in [-0.05, 0) is 26.0 Å². The maximum Gasteiger partial charge on any atom is 0.158 e. The van der Waals surface area contributed by atoms with Crippen LogP contribution in [-0.4, -0.2) is 14.8 Å². The molecule has 0 atom stereocenters. The number of hydrogen-bond donors (Lipinski definition) is 0. The number of nitrogens with zero attached hydrogens (tertiary/aromatic N) is 3. The lowest BCUT2D eigenvalue weighted by Gasteiger charge is -2.10. The first-order chi connectivity index (χ1) is 9.61. The van der Waals surface area contributed by atoms with Crippen LogP contribution in [0.5, 0.6) is 0 Å². The molecule has 0 amide bonds. The van der Waals surface area contributed by atoms with Gasteiger partial charge in [-0.15, -0.1) is 11.6 Å². The molecule has 1 aromatic carbocycles. The minimum Gasteiger partial charge on any atom is -0.228 e. The molecule has 0 aliphatic heterocycles. The Morgan fingerprint density at radius 2 is 1.95 bits per heavy atom. The predicted octanol–water partition coefficient (Wildman–Crippen LogP) is 4.43. The van der Waals surface area contributed by atoms with Gasteiger partial charge >= 0.3 is 0 Å². The number of rotatable bonds is 2. The van der Waals surface area contributed by atoms with Crippen molar-refractivity contribution in [2.75, 3.05) is 0 Å². The number of alkyl halides is 1. The van der Waals surface area contributed by atoms with Gasteiger partial charge in [-0.3, -0.25) is 0 Å². The van der Waals surface area contributed by atoms with Crippen LogP contribution >= 0.6 is 23.2 Å². The Labute approximate surface area is 127 Å². The lowest BCUT2D eigenvalue weighted by Crippen LogP contribution is -2.06. The zero-order chi connectivity index (χ0) is 14.3. The Bertz CT molecular complexity index is 793. The summed E-state index contributed by atoms with van der Waals surface area (Å²) in [5, 5.41) is 6.20. The molecule has 2 aromatic heterocycles. The van der Waals surface area contributed by atoms with Gasteiger partial charge in [-0.25, -0.2) is 9.67 Å². The number of aryl methyl sites for hydroxylation is 1. The zero-order valence-corrected chi connectivity index (χ0v) is 12.7. The fourth-order valence-corrected chi connectivity index (χ4v) is 2.58. The number of halogens is 2. The van der Waals surface area contributed by atoms with Crippen LogP contribution in [0.3, 0.4) is 0 Å². The highest BCUT2D eigenvalue weighted by molar-refractivity contribution is 6.31. The van der Waals surface area contributed by atoms with Gasteiger partial charge in [-0.2, -0.15) is 5.10 Å². The molecule has 0 aliphatic rings. The van der Waals surface area contributed by atoms with E-state index < -0.39 is 0 Å². The smallest absolute Gasteiger partial charge is 0.158 e. The van der Waals surface area contributed by atoms with Crippen LogP contribution < -0.4 is 0 Å². The molecular formula is C15H13Cl2N3. The highest BCUT2D eigenvalue weighted by Crippen LogP contribution is 2.26. The van der Waals surface area contributed by atoms with E-state index in [0.717, 1.165) is 33.7 Å². The number of para-hydroxylation sites is 1. The monoisotopic (exact) mass is 305 g/mol. The molecule has 5 heteroatoms. The summed E-state index contributed by atoms with van der Waals surface area (Å²) in [5.41, 5.74) is 3.52. The van der Waals surface area contributed by atoms with Crippen molar-refractivity contribution in [1.82, 2.24) is 14.8 Å². The van der Waals surface area contributed by atoms with Gasteiger partial charge in [0.2, 0.25) is 0 Å². The fraction of sp³-hybridized carbons (Fsp3) is 0.200. The summed E-state index contributed by atoms with van der Waals surface area (Å²) >= 11 is 12.3. The third-order valence-corrected chi connectivity index (χ3v) is 4.16. The van der Waals surface area contributed by atoms with Gasteiger partial charge in [0.25, 0.3) is 0 Å². The Morgan fingerprint density at radius 3 is 2.60 bits per heavy atom. The molecule has 3 rings (SSSR count). The lowest BCUT2D eigenvalue weighted by molar-refractivity contribution is 0.802. The Kier molecular flexibility index (Phi) is 3.40. The normalized spacial score (nSPS) is 11.2. The molecule has 0 N–H and O–H groups in total. The second-order valence-corrected chi connectivity index (χ2v) is 5.34. The van der Waals surface area contributed by atoms with Crippen LogP contribution in [0.1, 0.15) is 17.0 Å². The average Bonchev–Trinajstić information content (AvgIpc) is 2.73. The van der Waals surface area contributed by atoms with E-state index in [0.29, 0.717) is 10.9 Å².